The van der Waals surface area contributed by atoms with Crippen molar-refractivity contribution in [3.63, 3.8) is 0 Å². The van der Waals surface area contributed by atoms with Gasteiger partial charge in [0.25, 0.3) is 5.56 Å². The van der Waals surface area contributed by atoms with Crippen LogP contribution in [0.4, 0.5) is 4.39 Å². The van der Waals surface area contributed by atoms with E-state index in [1.807, 2.05) is 42.0 Å². The van der Waals surface area contributed by atoms with Gasteiger partial charge >= 0.3 is 6.01 Å². The Kier molecular flexibility index (Phi) is 6.09. The number of nitrogens with zero attached hydrogens (tertiary/aromatic N) is 5. The van der Waals surface area contributed by atoms with Gasteiger partial charge in [-0.25, -0.2) is 14.1 Å². The molecule has 0 amide bonds. The van der Waals surface area contributed by atoms with Crippen molar-refractivity contribution in [1.82, 2.24) is 19.4 Å². The molecular weight excluding hydrogens is 437 g/mol. The van der Waals surface area contributed by atoms with E-state index in [1.54, 1.807) is 29.1 Å². The summed E-state index contributed by atoms with van der Waals surface area (Å²) < 4.78 is 26.7. The molecule has 0 saturated carbocycles. The predicted octanol–water partition coefficient (Wildman–Crippen LogP) is 3.69. The van der Waals surface area contributed by atoms with Crippen LogP contribution in [0.5, 0.6) is 11.8 Å². The zero-order chi connectivity index (χ0) is 23.5. The number of para-hydroxylation sites is 1. The standard InChI is InChI=1S/C25H24FN5O3/c1-2-30-24(32)22(18-8-10-19(26)11-9-18)23(31(30)29-14-16-33-17-15-29)21-12-13-27-25(28-21)34-20-6-4-3-5-7-20/h3-13H,2,14-17H2,1H3. The Morgan fingerprint density at radius 3 is 2.47 bits per heavy atom. The lowest BCUT2D eigenvalue weighted by Gasteiger charge is -2.32. The van der Waals surface area contributed by atoms with E-state index in [-0.39, 0.29) is 17.4 Å². The van der Waals surface area contributed by atoms with E-state index < -0.39 is 0 Å². The number of morpholine rings is 1. The molecule has 174 valence electrons. The van der Waals surface area contributed by atoms with Crippen molar-refractivity contribution in [2.45, 2.75) is 13.5 Å². The van der Waals surface area contributed by atoms with Crippen molar-refractivity contribution < 1.29 is 13.9 Å². The van der Waals surface area contributed by atoms with Crippen LogP contribution in [0.15, 0.2) is 71.7 Å². The molecular formula is C25H24FN5O3. The van der Waals surface area contributed by atoms with Gasteiger partial charge in [0.05, 0.1) is 37.6 Å². The van der Waals surface area contributed by atoms with Crippen LogP contribution in [0.3, 0.4) is 0 Å². The molecule has 0 unspecified atom stereocenters. The van der Waals surface area contributed by atoms with Crippen LogP contribution in [-0.4, -0.2) is 45.7 Å². The first-order valence-corrected chi connectivity index (χ1v) is 11.2. The van der Waals surface area contributed by atoms with E-state index in [0.717, 1.165) is 0 Å². The van der Waals surface area contributed by atoms with Gasteiger partial charge in [-0.3, -0.25) is 9.80 Å². The third-order valence-corrected chi connectivity index (χ3v) is 5.63. The molecule has 8 nitrogen and oxygen atoms in total. The highest BCUT2D eigenvalue weighted by molar-refractivity contribution is 5.79. The maximum atomic E-state index is 13.7. The molecule has 1 saturated heterocycles. The summed E-state index contributed by atoms with van der Waals surface area (Å²) in [5.74, 6) is 0.240. The molecule has 34 heavy (non-hydrogen) atoms. The van der Waals surface area contributed by atoms with Gasteiger partial charge in [0.1, 0.15) is 17.3 Å². The zero-order valence-electron chi connectivity index (χ0n) is 18.7. The van der Waals surface area contributed by atoms with Crippen LogP contribution in [-0.2, 0) is 11.3 Å². The van der Waals surface area contributed by atoms with Crippen LogP contribution >= 0.6 is 0 Å². The number of ether oxygens (including phenoxy) is 2. The predicted molar refractivity (Wildman–Crippen MR) is 126 cm³/mol. The average molecular weight is 461 g/mol. The summed E-state index contributed by atoms with van der Waals surface area (Å²) in [5.41, 5.74) is 1.99. The van der Waals surface area contributed by atoms with E-state index >= 15 is 0 Å². The topological polar surface area (TPSA) is 74.4 Å². The summed E-state index contributed by atoms with van der Waals surface area (Å²) in [7, 11) is 0. The van der Waals surface area contributed by atoms with Crippen LogP contribution in [0.25, 0.3) is 22.5 Å². The second-order valence-electron chi connectivity index (χ2n) is 7.75. The number of aromatic nitrogens is 4. The number of halogens is 1. The Balaban J connectivity index is 1.70. The first-order valence-electron chi connectivity index (χ1n) is 11.2. The van der Waals surface area contributed by atoms with E-state index in [0.29, 0.717) is 61.1 Å². The van der Waals surface area contributed by atoms with Crippen molar-refractivity contribution >= 4 is 0 Å². The summed E-state index contributed by atoms with van der Waals surface area (Å²) in [5, 5.41) is 2.07. The van der Waals surface area contributed by atoms with Gasteiger partial charge in [0, 0.05) is 12.7 Å². The number of rotatable bonds is 6. The molecule has 5 rings (SSSR count). The highest BCUT2D eigenvalue weighted by Crippen LogP contribution is 2.31. The van der Waals surface area contributed by atoms with E-state index in [4.69, 9.17) is 9.47 Å². The molecule has 4 aromatic rings. The second-order valence-corrected chi connectivity index (χ2v) is 7.75. The number of hydrogen-bond donors (Lipinski definition) is 0. The maximum absolute atomic E-state index is 13.7. The van der Waals surface area contributed by atoms with Gasteiger partial charge in [-0.05, 0) is 42.8 Å². The van der Waals surface area contributed by atoms with Crippen molar-refractivity contribution in [3.05, 3.63) is 83.0 Å². The Morgan fingerprint density at radius 1 is 1.03 bits per heavy atom. The number of benzene rings is 2. The lowest BCUT2D eigenvalue weighted by Crippen LogP contribution is -2.48. The smallest absolute Gasteiger partial charge is 0.322 e. The van der Waals surface area contributed by atoms with Gasteiger partial charge in [0.2, 0.25) is 0 Å². The maximum Gasteiger partial charge on any atom is 0.322 e. The molecule has 0 spiro atoms. The van der Waals surface area contributed by atoms with Crippen LogP contribution in [0.1, 0.15) is 6.92 Å². The molecule has 1 aliphatic heterocycles. The van der Waals surface area contributed by atoms with Crippen molar-refractivity contribution in [2.75, 3.05) is 31.3 Å². The average Bonchev–Trinajstić information content (AvgIpc) is 3.18. The molecule has 0 bridgehead atoms. The quantitative estimate of drug-likeness (QED) is 0.436. The third kappa shape index (κ3) is 4.17. The molecule has 1 aliphatic rings. The first-order chi connectivity index (χ1) is 16.7. The van der Waals surface area contributed by atoms with Gasteiger partial charge < -0.3 is 9.47 Å². The Bertz CT molecular complexity index is 1330. The molecule has 2 aromatic carbocycles. The molecule has 9 heteroatoms. The highest BCUT2D eigenvalue weighted by atomic mass is 19.1. The largest absolute Gasteiger partial charge is 0.424 e. The minimum atomic E-state index is -0.366. The summed E-state index contributed by atoms with van der Waals surface area (Å²) in [6.07, 6.45) is 1.60. The van der Waals surface area contributed by atoms with Gasteiger partial charge in [-0.15, -0.1) is 0 Å². The minimum Gasteiger partial charge on any atom is -0.424 e. The molecule has 0 N–H and O–H groups in total. The molecule has 3 heterocycles. The normalized spacial score (nSPS) is 13.8. The fourth-order valence-corrected chi connectivity index (χ4v) is 4.08. The summed E-state index contributed by atoms with van der Waals surface area (Å²) >= 11 is 0. The Hall–Kier alpha value is -3.98. The molecule has 2 aromatic heterocycles. The SMILES string of the molecule is CCn1c(=O)c(-c2ccc(F)cc2)c(-c2ccnc(Oc3ccccc3)n2)n1N1CCOCC1. The molecule has 0 radical (unpaired) electrons. The van der Waals surface area contributed by atoms with Gasteiger partial charge in [0.15, 0.2) is 0 Å². The van der Waals surface area contributed by atoms with Crippen molar-refractivity contribution in [1.29, 1.82) is 0 Å². The van der Waals surface area contributed by atoms with E-state index in [9.17, 15) is 9.18 Å². The molecule has 1 fully saturated rings. The van der Waals surface area contributed by atoms with E-state index in [1.165, 1.54) is 12.1 Å². The third-order valence-electron chi connectivity index (χ3n) is 5.63. The fraction of sp³-hybridized carbons (Fsp3) is 0.240. The fourth-order valence-electron chi connectivity index (χ4n) is 4.08. The zero-order valence-corrected chi connectivity index (χ0v) is 18.7. The Labute approximate surface area is 195 Å². The second kappa shape index (κ2) is 9.48. The summed E-state index contributed by atoms with van der Waals surface area (Å²) in [6.45, 7) is 4.69. The van der Waals surface area contributed by atoms with E-state index in [2.05, 4.69) is 15.0 Å². The molecule has 0 aliphatic carbocycles. The minimum absolute atomic E-state index is 0.166. The van der Waals surface area contributed by atoms with Crippen molar-refractivity contribution in [2.24, 2.45) is 0 Å². The lowest BCUT2D eigenvalue weighted by molar-refractivity contribution is 0.106. The van der Waals surface area contributed by atoms with Gasteiger partial charge in [-0.1, -0.05) is 30.3 Å². The lowest BCUT2D eigenvalue weighted by atomic mass is 10.0. The van der Waals surface area contributed by atoms with Crippen LogP contribution < -0.4 is 15.3 Å². The number of hydrogen-bond acceptors (Lipinski definition) is 6. The monoisotopic (exact) mass is 461 g/mol. The van der Waals surface area contributed by atoms with Crippen LogP contribution in [0, 0.1) is 5.82 Å². The highest BCUT2D eigenvalue weighted by Gasteiger charge is 2.27. The molecule has 0 atom stereocenters. The van der Waals surface area contributed by atoms with Gasteiger partial charge in [-0.2, -0.15) is 9.77 Å². The Morgan fingerprint density at radius 2 is 1.76 bits per heavy atom. The first kappa shape index (κ1) is 21.8. The summed E-state index contributed by atoms with van der Waals surface area (Å²) in [4.78, 5) is 24.4. The van der Waals surface area contributed by atoms with Crippen LogP contribution in [0.2, 0.25) is 0 Å². The van der Waals surface area contributed by atoms with Crippen molar-refractivity contribution in [3.8, 4) is 34.3 Å². The summed E-state index contributed by atoms with van der Waals surface area (Å²) in [6, 6.07) is 17.1.